The second-order valence-corrected chi connectivity index (χ2v) is 7.26. The molecule has 1 unspecified atom stereocenters. The van der Waals surface area contributed by atoms with E-state index < -0.39 is 0 Å². The third-order valence-electron chi connectivity index (χ3n) is 4.83. The van der Waals surface area contributed by atoms with Crippen molar-refractivity contribution in [2.45, 2.75) is 53.1 Å². The molecule has 1 atom stereocenters. The van der Waals surface area contributed by atoms with E-state index in [0.717, 1.165) is 31.2 Å². The summed E-state index contributed by atoms with van der Waals surface area (Å²) in [5, 5.41) is 6.79. The molecule has 1 fully saturated rings. The smallest absolute Gasteiger partial charge is 0.191 e. The van der Waals surface area contributed by atoms with Gasteiger partial charge in [0.2, 0.25) is 0 Å². The van der Waals surface area contributed by atoms with E-state index in [2.05, 4.69) is 41.3 Å². The van der Waals surface area contributed by atoms with E-state index in [0.29, 0.717) is 24.1 Å². The lowest BCUT2D eigenvalue weighted by Gasteiger charge is -2.35. The van der Waals surface area contributed by atoms with Crippen molar-refractivity contribution in [3.05, 3.63) is 35.1 Å². The maximum Gasteiger partial charge on any atom is 0.191 e. The highest BCUT2D eigenvalue weighted by molar-refractivity contribution is 5.79. The Morgan fingerprint density at radius 2 is 2.16 bits per heavy atom. The summed E-state index contributed by atoms with van der Waals surface area (Å²) in [6.45, 7) is 13.1. The number of aryl methyl sites for hydroxylation is 1. The molecule has 0 aromatic heterocycles. The summed E-state index contributed by atoms with van der Waals surface area (Å²) < 4.78 is 13.4. The van der Waals surface area contributed by atoms with E-state index in [-0.39, 0.29) is 5.82 Å². The van der Waals surface area contributed by atoms with Crippen LogP contribution in [0.25, 0.3) is 0 Å². The molecule has 0 amide bonds. The molecule has 0 spiro atoms. The first-order chi connectivity index (χ1) is 12.0. The number of benzene rings is 1. The highest BCUT2D eigenvalue weighted by atomic mass is 19.1. The Morgan fingerprint density at radius 3 is 2.84 bits per heavy atom. The second kappa shape index (κ2) is 9.76. The van der Waals surface area contributed by atoms with Gasteiger partial charge in [-0.3, -0.25) is 0 Å². The fourth-order valence-electron chi connectivity index (χ4n) is 3.29. The van der Waals surface area contributed by atoms with Crippen LogP contribution in [0.15, 0.2) is 23.2 Å². The lowest BCUT2D eigenvalue weighted by Crippen LogP contribution is -2.46. The van der Waals surface area contributed by atoms with Crippen LogP contribution in [-0.2, 0) is 6.54 Å². The van der Waals surface area contributed by atoms with Gasteiger partial charge in [0.1, 0.15) is 5.82 Å². The molecule has 2 N–H and O–H groups in total. The molecule has 2 rings (SSSR count). The monoisotopic (exact) mass is 348 g/mol. The minimum atomic E-state index is -0.162. The van der Waals surface area contributed by atoms with Gasteiger partial charge in [0.05, 0.1) is 6.54 Å². The van der Waals surface area contributed by atoms with E-state index in [4.69, 9.17) is 0 Å². The third kappa shape index (κ3) is 6.31. The molecule has 0 bridgehead atoms. The van der Waals surface area contributed by atoms with Crippen LogP contribution in [-0.4, -0.2) is 43.1 Å². The van der Waals surface area contributed by atoms with Crippen LogP contribution in [0.5, 0.6) is 0 Å². The van der Waals surface area contributed by atoms with Gasteiger partial charge in [-0.15, -0.1) is 0 Å². The Balaban J connectivity index is 1.89. The minimum Gasteiger partial charge on any atom is -0.357 e. The normalized spacial score (nSPS) is 19.3. The predicted molar refractivity (Wildman–Crippen MR) is 103 cm³/mol. The van der Waals surface area contributed by atoms with Crippen LogP contribution in [0.1, 0.15) is 44.7 Å². The molecule has 0 radical (unpaired) electrons. The van der Waals surface area contributed by atoms with Crippen molar-refractivity contribution in [1.29, 1.82) is 0 Å². The summed E-state index contributed by atoms with van der Waals surface area (Å²) in [7, 11) is 0. The van der Waals surface area contributed by atoms with Crippen molar-refractivity contribution in [2.24, 2.45) is 10.9 Å². The lowest BCUT2D eigenvalue weighted by atomic mass is 9.97. The van der Waals surface area contributed by atoms with E-state index >= 15 is 0 Å². The summed E-state index contributed by atoms with van der Waals surface area (Å²) in [5.41, 5.74) is 1.70. The zero-order chi connectivity index (χ0) is 18.2. The summed E-state index contributed by atoms with van der Waals surface area (Å²) in [6, 6.07) is 5.80. The van der Waals surface area contributed by atoms with Gasteiger partial charge in [0.15, 0.2) is 5.96 Å². The Morgan fingerprint density at radius 1 is 1.36 bits per heavy atom. The van der Waals surface area contributed by atoms with Crippen molar-refractivity contribution in [2.75, 3.05) is 26.2 Å². The molecular weight excluding hydrogens is 315 g/mol. The van der Waals surface area contributed by atoms with Gasteiger partial charge in [0, 0.05) is 25.7 Å². The van der Waals surface area contributed by atoms with Crippen molar-refractivity contribution in [3.8, 4) is 0 Å². The standard InChI is InChI=1S/C20H33FN4/c1-5-22-20(23-12-17-8-9-19(21)16(4)11-17)24-13-18-7-6-10-25(14-18)15(2)3/h8-9,11,15,18H,5-7,10,12-14H2,1-4H3,(H2,22,23,24). The molecule has 1 saturated heterocycles. The average molecular weight is 349 g/mol. The van der Waals surface area contributed by atoms with Crippen LogP contribution in [0.3, 0.4) is 0 Å². The number of rotatable bonds is 6. The van der Waals surface area contributed by atoms with Crippen molar-refractivity contribution < 1.29 is 4.39 Å². The van der Waals surface area contributed by atoms with E-state index in [1.54, 1.807) is 13.0 Å². The number of nitrogens with one attached hydrogen (secondary N) is 2. The van der Waals surface area contributed by atoms with Crippen LogP contribution < -0.4 is 10.6 Å². The number of nitrogens with zero attached hydrogens (tertiary/aromatic N) is 2. The number of likely N-dealkylation sites (tertiary alicyclic amines) is 1. The molecule has 1 heterocycles. The lowest BCUT2D eigenvalue weighted by molar-refractivity contribution is 0.141. The van der Waals surface area contributed by atoms with Gasteiger partial charge in [-0.05, 0) is 70.2 Å². The quantitative estimate of drug-likeness (QED) is 0.612. The Bertz CT molecular complexity index is 571. The number of hydrogen-bond donors (Lipinski definition) is 2. The number of piperidine rings is 1. The fraction of sp³-hybridized carbons (Fsp3) is 0.650. The van der Waals surface area contributed by atoms with Crippen LogP contribution >= 0.6 is 0 Å². The SMILES string of the molecule is CCNC(=NCc1ccc(F)c(C)c1)NCC1CCCN(C(C)C)C1. The van der Waals surface area contributed by atoms with Gasteiger partial charge in [-0.1, -0.05) is 12.1 Å². The van der Waals surface area contributed by atoms with Crippen molar-refractivity contribution >= 4 is 5.96 Å². The molecular formula is C20H33FN4. The maximum atomic E-state index is 13.4. The summed E-state index contributed by atoms with van der Waals surface area (Å²) in [4.78, 5) is 7.21. The topological polar surface area (TPSA) is 39.7 Å². The van der Waals surface area contributed by atoms with Gasteiger partial charge in [0.25, 0.3) is 0 Å². The largest absolute Gasteiger partial charge is 0.357 e. The number of aliphatic imine (C=N–C) groups is 1. The van der Waals surface area contributed by atoms with Crippen molar-refractivity contribution in [3.63, 3.8) is 0 Å². The molecule has 140 valence electrons. The van der Waals surface area contributed by atoms with Gasteiger partial charge in [-0.2, -0.15) is 0 Å². The first kappa shape index (κ1) is 19.7. The molecule has 0 saturated carbocycles. The van der Waals surface area contributed by atoms with E-state index in [1.807, 2.05) is 6.07 Å². The zero-order valence-corrected chi connectivity index (χ0v) is 16.1. The van der Waals surface area contributed by atoms with Crippen molar-refractivity contribution in [1.82, 2.24) is 15.5 Å². The number of halogens is 1. The van der Waals surface area contributed by atoms with E-state index in [9.17, 15) is 4.39 Å². The van der Waals surface area contributed by atoms with Gasteiger partial charge >= 0.3 is 0 Å². The first-order valence-electron chi connectivity index (χ1n) is 9.50. The zero-order valence-electron chi connectivity index (χ0n) is 16.1. The molecule has 4 nitrogen and oxygen atoms in total. The third-order valence-corrected chi connectivity index (χ3v) is 4.83. The van der Waals surface area contributed by atoms with Gasteiger partial charge < -0.3 is 15.5 Å². The number of guanidine groups is 1. The van der Waals surface area contributed by atoms with Gasteiger partial charge in [-0.25, -0.2) is 9.38 Å². The molecule has 25 heavy (non-hydrogen) atoms. The van der Waals surface area contributed by atoms with Crippen LogP contribution in [0.4, 0.5) is 4.39 Å². The Hall–Kier alpha value is -1.62. The summed E-state index contributed by atoms with van der Waals surface area (Å²) in [6.07, 6.45) is 2.54. The molecule has 1 aromatic carbocycles. The summed E-state index contributed by atoms with van der Waals surface area (Å²) in [5.74, 6) is 1.34. The van der Waals surface area contributed by atoms with Crippen LogP contribution in [0, 0.1) is 18.7 Å². The minimum absolute atomic E-state index is 0.162. The highest BCUT2D eigenvalue weighted by Gasteiger charge is 2.21. The number of hydrogen-bond acceptors (Lipinski definition) is 2. The molecule has 1 aliphatic rings. The Kier molecular flexibility index (Phi) is 7.69. The predicted octanol–water partition coefficient (Wildman–Crippen LogP) is 3.31. The summed E-state index contributed by atoms with van der Waals surface area (Å²) >= 11 is 0. The Labute approximate surface area is 151 Å². The van der Waals surface area contributed by atoms with Crippen LogP contribution in [0.2, 0.25) is 0 Å². The second-order valence-electron chi connectivity index (χ2n) is 7.26. The molecule has 1 aromatic rings. The molecule has 0 aliphatic carbocycles. The molecule has 5 heteroatoms. The van der Waals surface area contributed by atoms with E-state index in [1.165, 1.54) is 25.5 Å². The molecule has 1 aliphatic heterocycles. The average Bonchev–Trinajstić information content (AvgIpc) is 2.60. The highest BCUT2D eigenvalue weighted by Crippen LogP contribution is 2.17. The first-order valence-corrected chi connectivity index (χ1v) is 9.50. The maximum absolute atomic E-state index is 13.4. The fourth-order valence-corrected chi connectivity index (χ4v) is 3.29.